The Morgan fingerprint density at radius 1 is 1.29 bits per heavy atom. The van der Waals surface area contributed by atoms with Crippen LogP contribution in [-0.2, 0) is 23.1 Å². The lowest BCUT2D eigenvalue weighted by atomic mass is 10.2. The van der Waals surface area contributed by atoms with Gasteiger partial charge in [0.1, 0.15) is 0 Å². The number of thioether (sulfide) groups is 1. The van der Waals surface area contributed by atoms with E-state index in [4.69, 9.17) is 13.8 Å². The lowest BCUT2D eigenvalue weighted by Gasteiger charge is -2.19. The minimum Gasteiger partial charge on any atom is -0.466 e. The fourth-order valence-corrected chi connectivity index (χ4v) is 3.42. The summed E-state index contributed by atoms with van der Waals surface area (Å²) in [6, 6.07) is 0. The minimum atomic E-state index is -3.17. The Kier molecular flexibility index (Phi) is 8.96. The molecule has 1 atom stereocenters. The second-order valence-corrected chi connectivity index (χ2v) is 6.90. The van der Waals surface area contributed by atoms with Gasteiger partial charge in [-0.1, -0.05) is 6.92 Å². The lowest BCUT2D eigenvalue weighted by molar-refractivity contribution is -0.146. The van der Waals surface area contributed by atoms with Crippen molar-refractivity contribution >= 4 is 25.3 Å². The van der Waals surface area contributed by atoms with Crippen LogP contribution < -0.4 is 0 Å². The predicted molar refractivity (Wildman–Crippen MR) is 69.6 cm³/mol. The van der Waals surface area contributed by atoms with Gasteiger partial charge in [-0.05, 0) is 12.7 Å². The van der Waals surface area contributed by atoms with Crippen LogP contribution in [0.15, 0.2) is 0 Å². The number of carbonyl (C=O) groups excluding carboxylic acids is 1. The zero-order valence-corrected chi connectivity index (χ0v) is 12.5. The summed E-state index contributed by atoms with van der Waals surface area (Å²) in [7, 11) is -0.531. The van der Waals surface area contributed by atoms with E-state index in [1.807, 2.05) is 6.92 Å². The van der Waals surface area contributed by atoms with Gasteiger partial charge in [0.15, 0.2) is 0 Å². The number of ether oxygens (including phenoxy) is 1. The van der Waals surface area contributed by atoms with Crippen molar-refractivity contribution in [2.45, 2.75) is 13.8 Å². The van der Waals surface area contributed by atoms with Gasteiger partial charge in [-0.15, -0.1) is 0 Å². The molecule has 0 aromatic carbocycles. The molecule has 0 heterocycles. The molecule has 0 aliphatic rings. The number of esters is 1. The zero-order valence-electron chi connectivity index (χ0n) is 10.8. The number of rotatable bonds is 9. The first-order valence-corrected chi connectivity index (χ1v) is 8.36. The van der Waals surface area contributed by atoms with Crippen molar-refractivity contribution in [3.05, 3.63) is 0 Å². The lowest BCUT2D eigenvalue weighted by Crippen LogP contribution is -2.24. The largest absolute Gasteiger partial charge is 0.466 e. The van der Waals surface area contributed by atoms with Crippen molar-refractivity contribution in [2.24, 2.45) is 5.92 Å². The summed E-state index contributed by atoms with van der Waals surface area (Å²) in [6.45, 7) is 4.06. The molecule has 0 aromatic heterocycles. The van der Waals surface area contributed by atoms with Gasteiger partial charge in [-0.25, -0.2) is 0 Å². The maximum absolute atomic E-state index is 12.0. The second kappa shape index (κ2) is 8.97. The van der Waals surface area contributed by atoms with Crippen LogP contribution in [0.5, 0.6) is 0 Å². The quantitative estimate of drug-likeness (QED) is 0.478. The summed E-state index contributed by atoms with van der Waals surface area (Å²) in [5.41, 5.74) is 0. The number of carbonyl (C=O) groups is 1. The molecule has 0 radical (unpaired) electrons. The fourth-order valence-electron chi connectivity index (χ4n) is 1.21. The number of hydrogen-bond donors (Lipinski definition) is 0. The van der Waals surface area contributed by atoms with Crippen LogP contribution in [0.1, 0.15) is 13.8 Å². The van der Waals surface area contributed by atoms with Crippen molar-refractivity contribution in [1.82, 2.24) is 0 Å². The Bertz CT molecular complexity index is 263. The highest BCUT2D eigenvalue weighted by atomic mass is 32.2. The van der Waals surface area contributed by atoms with Crippen LogP contribution in [0.25, 0.3) is 0 Å². The summed E-state index contributed by atoms with van der Waals surface area (Å²) in [5, 5.41) is 0. The summed E-state index contributed by atoms with van der Waals surface area (Å²) in [4.78, 5) is 11.7. The smallest absolute Gasteiger partial charge is 0.331 e. The summed E-state index contributed by atoms with van der Waals surface area (Å²) in [5.74, 6) is 0.653. The second-order valence-electron chi connectivity index (χ2n) is 3.27. The molecule has 0 bridgehead atoms. The summed E-state index contributed by atoms with van der Waals surface area (Å²) >= 11 is 1.60. The van der Waals surface area contributed by atoms with Crippen LogP contribution in [0.2, 0.25) is 0 Å². The van der Waals surface area contributed by atoms with Gasteiger partial charge in [0, 0.05) is 20.0 Å². The standard InChI is InChI=1S/C10H21O5PS/c1-5-15-10(11)9(8-17-6-2)7-16(12,13-3)14-4/h9H,5-8H2,1-4H3. The summed E-state index contributed by atoms with van der Waals surface area (Å²) < 4.78 is 26.6. The van der Waals surface area contributed by atoms with E-state index < -0.39 is 13.5 Å². The topological polar surface area (TPSA) is 61.8 Å². The first kappa shape index (κ1) is 17.0. The molecule has 0 aliphatic carbocycles. The third-order valence-electron chi connectivity index (χ3n) is 2.14. The zero-order chi connectivity index (χ0) is 13.3. The molecule has 5 nitrogen and oxygen atoms in total. The van der Waals surface area contributed by atoms with Crippen molar-refractivity contribution in [1.29, 1.82) is 0 Å². The van der Waals surface area contributed by atoms with E-state index in [0.717, 1.165) is 5.75 Å². The number of hydrogen-bond acceptors (Lipinski definition) is 6. The summed E-state index contributed by atoms with van der Waals surface area (Å²) in [6.07, 6.45) is 0.0613. The monoisotopic (exact) mass is 284 g/mol. The molecule has 0 saturated carbocycles. The van der Waals surface area contributed by atoms with Gasteiger partial charge in [0.05, 0.1) is 18.7 Å². The van der Waals surface area contributed by atoms with E-state index in [0.29, 0.717) is 12.4 Å². The highest BCUT2D eigenvalue weighted by Gasteiger charge is 2.31. The van der Waals surface area contributed by atoms with Crippen molar-refractivity contribution in [2.75, 3.05) is 38.5 Å². The van der Waals surface area contributed by atoms with E-state index in [-0.39, 0.29) is 12.1 Å². The van der Waals surface area contributed by atoms with E-state index in [2.05, 4.69) is 0 Å². The van der Waals surface area contributed by atoms with Gasteiger partial charge < -0.3 is 13.8 Å². The fraction of sp³-hybridized carbons (Fsp3) is 0.900. The molecule has 0 saturated heterocycles. The normalized spacial score (nSPS) is 13.4. The van der Waals surface area contributed by atoms with Gasteiger partial charge >= 0.3 is 13.6 Å². The van der Waals surface area contributed by atoms with Crippen LogP contribution in [0, 0.1) is 5.92 Å². The third-order valence-corrected chi connectivity index (χ3v) is 5.19. The Hall–Kier alpha value is -0.0300. The van der Waals surface area contributed by atoms with Crippen LogP contribution in [-0.4, -0.2) is 44.5 Å². The average molecular weight is 284 g/mol. The van der Waals surface area contributed by atoms with Crippen molar-refractivity contribution < 1.29 is 23.1 Å². The molecule has 0 spiro atoms. The molecule has 0 rings (SSSR count). The molecule has 1 unspecified atom stereocenters. The molecular formula is C10H21O5PS. The van der Waals surface area contributed by atoms with E-state index in [1.54, 1.807) is 18.7 Å². The predicted octanol–water partition coefficient (Wildman–Crippen LogP) is 2.40. The molecule has 7 heteroatoms. The van der Waals surface area contributed by atoms with Crippen LogP contribution in [0.3, 0.4) is 0 Å². The third kappa shape index (κ3) is 6.46. The molecular weight excluding hydrogens is 263 g/mol. The average Bonchev–Trinajstić information content (AvgIpc) is 2.34. The minimum absolute atomic E-state index is 0.0613. The van der Waals surface area contributed by atoms with Crippen LogP contribution >= 0.6 is 19.4 Å². The van der Waals surface area contributed by atoms with E-state index in [1.165, 1.54) is 14.2 Å². The molecule has 102 valence electrons. The highest BCUT2D eigenvalue weighted by molar-refractivity contribution is 7.99. The maximum atomic E-state index is 12.0. The Morgan fingerprint density at radius 3 is 2.29 bits per heavy atom. The first-order chi connectivity index (χ1) is 8.02. The molecule has 0 amide bonds. The van der Waals surface area contributed by atoms with Gasteiger partial charge in [0.25, 0.3) is 0 Å². The van der Waals surface area contributed by atoms with Gasteiger partial charge in [-0.2, -0.15) is 11.8 Å². The molecule has 0 aromatic rings. The van der Waals surface area contributed by atoms with E-state index >= 15 is 0 Å². The van der Waals surface area contributed by atoms with Crippen LogP contribution in [0.4, 0.5) is 0 Å². The molecule has 17 heavy (non-hydrogen) atoms. The maximum Gasteiger partial charge on any atom is 0.331 e. The molecule has 0 N–H and O–H groups in total. The Balaban J connectivity index is 4.57. The van der Waals surface area contributed by atoms with E-state index in [9.17, 15) is 9.36 Å². The highest BCUT2D eigenvalue weighted by Crippen LogP contribution is 2.48. The van der Waals surface area contributed by atoms with Crippen molar-refractivity contribution in [3.8, 4) is 0 Å². The van der Waals surface area contributed by atoms with Crippen molar-refractivity contribution in [3.63, 3.8) is 0 Å². The van der Waals surface area contributed by atoms with Gasteiger partial charge in [-0.3, -0.25) is 9.36 Å². The Labute approximate surface area is 107 Å². The first-order valence-electron chi connectivity index (χ1n) is 5.47. The van der Waals surface area contributed by atoms with Gasteiger partial charge in [0.2, 0.25) is 0 Å². The molecule has 0 fully saturated rings. The SMILES string of the molecule is CCOC(=O)C(CSCC)CP(=O)(OC)OC. The molecule has 0 aliphatic heterocycles. The Morgan fingerprint density at radius 2 is 1.88 bits per heavy atom.